The molecule has 0 aliphatic heterocycles. The van der Waals surface area contributed by atoms with Gasteiger partial charge < -0.3 is 5.32 Å². The Labute approximate surface area is 72.2 Å². The third-order valence-electron chi connectivity index (χ3n) is 1.48. The van der Waals surface area contributed by atoms with Gasteiger partial charge in [-0.15, -0.1) is 5.10 Å². The van der Waals surface area contributed by atoms with Crippen molar-refractivity contribution in [1.29, 1.82) is 0 Å². The summed E-state index contributed by atoms with van der Waals surface area (Å²) in [6.07, 6.45) is 0. The second-order valence-electron chi connectivity index (χ2n) is 3.20. The van der Waals surface area contributed by atoms with E-state index in [9.17, 15) is 0 Å². The van der Waals surface area contributed by atoms with Crippen LogP contribution < -0.4 is 5.32 Å². The molecule has 0 aliphatic carbocycles. The predicted octanol–water partition coefficient (Wildman–Crippen LogP) is 0.0485. The van der Waals surface area contributed by atoms with Crippen molar-refractivity contribution >= 4 is 0 Å². The third kappa shape index (κ3) is 2.27. The summed E-state index contributed by atoms with van der Waals surface area (Å²) in [4.78, 5) is 0. The van der Waals surface area contributed by atoms with Crippen LogP contribution in [-0.2, 0) is 13.1 Å². The standard InChI is InChI=1S/C7H15N5/c1-6(2)5-12-7(4-8-3)9-10-11-12/h6,8H,4-5H2,1-3H3. The molecule has 0 aromatic carbocycles. The highest BCUT2D eigenvalue weighted by Crippen LogP contribution is 1.98. The van der Waals surface area contributed by atoms with Crippen molar-refractivity contribution in [3.8, 4) is 0 Å². The predicted molar refractivity (Wildman–Crippen MR) is 45.4 cm³/mol. The minimum Gasteiger partial charge on any atom is -0.313 e. The summed E-state index contributed by atoms with van der Waals surface area (Å²) in [6.45, 7) is 5.89. The Balaban J connectivity index is 2.63. The van der Waals surface area contributed by atoms with Crippen LogP contribution in [0.5, 0.6) is 0 Å². The van der Waals surface area contributed by atoms with Crippen LogP contribution in [0.15, 0.2) is 0 Å². The van der Waals surface area contributed by atoms with Crippen molar-refractivity contribution in [2.24, 2.45) is 5.92 Å². The summed E-state index contributed by atoms with van der Waals surface area (Å²) in [5, 5.41) is 14.4. The van der Waals surface area contributed by atoms with Crippen molar-refractivity contribution in [2.75, 3.05) is 7.05 Å². The molecule has 0 atom stereocenters. The fraction of sp³-hybridized carbons (Fsp3) is 0.857. The first-order valence-corrected chi connectivity index (χ1v) is 4.13. The van der Waals surface area contributed by atoms with Crippen molar-refractivity contribution < 1.29 is 0 Å². The maximum absolute atomic E-state index is 3.90. The zero-order valence-electron chi connectivity index (χ0n) is 7.78. The minimum atomic E-state index is 0.573. The summed E-state index contributed by atoms with van der Waals surface area (Å²) in [7, 11) is 1.88. The third-order valence-corrected chi connectivity index (χ3v) is 1.48. The number of tetrazole rings is 1. The lowest BCUT2D eigenvalue weighted by Crippen LogP contribution is -2.15. The summed E-state index contributed by atoms with van der Waals surface area (Å²) in [6, 6.07) is 0. The van der Waals surface area contributed by atoms with Gasteiger partial charge in [0, 0.05) is 6.54 Å². The van der Waals surface area contributed by atoms with Gasteiger partial charge >= 0.3 is 0 Å². The second kappa shape index (κ2) is 4.15. The fourth-order valence-corrected chi connectivity index (χ4v) is 0.996. The van der Waals surface area contributed by atoms with E-state index in [0.717, 1.165) is 18.9 Å². The van der Waals surface area contributed by atoms with Crippen molar-refractivity contribution in [1.82, 2.24) is 25.5 Å². The number of hydrogen-bond acceptors (Lipinski definition) is 4. The molecular weight excluding hydrogens is 154 g/mol. The molecule has 5 heteroatoms. The molecule has 0 spiro atoms. The van der Waals surface area contributed by atoms with Gasteiger partial charge in [0.05, 0.1) is 6.54 Å². The van der Waals surface area contributed by atoms with Crippen molar-refractivity contribution in [2.45, 2.75) is 26.9 Å². The Morgan fingerprint density at radius 2 is 2.25 bits per heavy atom. The highest BCUT2D eigenvalue weighted by Gasteiger charge is 2.05. The molecule has 68 valence electrons. The van der Waals surface area contributed by atoms with E-state index in [4.69, 9.17) is 0 Å². The molecule has 0 aliphatic rings. The molecule has 0 saturated heterocycles. The summed E-state index contributed by atoms with van der Waals surface area (Å²) in [5.74, 6) is 1.47. The Kier molecular flexibility index (Phi) is 3.16. The summed E-state index contributed by atoms with van der Waals surface area (Å²) in [5.41, 5.74) is 0. The van der Waals surface area contributed by atoms with E-state index in [1.54, 1.807) is 0 Å². The first kappa shape index (κ1) is 9.12. The molecule has 1 rings (SSSR count). The second-order valence-corrected chi connectivity index (χ2v) is 3.20. The van der Waals surface area contributed by atoms with E-state index in [2.05, 4.69) is 34.7 Å². The smallest absolute Gasteiger partial charge is 0.165 e. The van der Waals surface area contributed by atoms with Gasteiger partial charge in [0.25, 0.3) is 0 Å². The molecule has 0 bridgehead atoms. The Hall–Kier alpha value is -0.970. The highest BCUT2D eigenvalue weighted by atomic mass is 15.5. The van der Waals surface area contributed by atoms with Crippen LogP contribution in [0.1, 0.15) is 19.7 Å². The number of hydrogen-bond donors (Lipinski definition) is 1. The van der Waals surface area contributed by atoms with Crippen molar-refractivity contribution in [3.63, 3.8) is 0 Å². The molecule has 1 aromatic rings. The van der Waals surface area contributed by atoms with E-state index in [-0.39, 0.29) is 0 Å². The fourth-order valence-electron chi connectivity index (χ4n) is 0.996. The Bertz CT molecular complexity index is 229. The number of nitrogens with zero attached hydrogens (tertiary/aromatic N) is 4. The van der Waals surface area contributed by atoms with Gasteiger partial charge in [-0.25, -0.2) is 4.68 Å². The molecule has 1 N–H and O–H groups in total. The van der Waals surface area contributed by atoms with Crippen LogP contribution in [-0.4, -0.2) is 27.3 Å². The van der Waals surface area contributed by atoms with Crippen LogP contribution in [0.2, 0.25) is 0 Å². The van der Waals surface area contributed by atoms with Gasteiger partial charge in [-0.1, -0.05) is 13.8 Å². The van der Waals surface area contributed by atoms with Gasteiger partial charge in [-0.3, -0.25) is 0 Å². The van der Waals surface area contributed by atoms with Crippen LogP contribution in [0.4, 0.5) is 0 Å². The molecular formula is C7H15N5. The van der Waals surface area contributed by atoms with Crippen LogP contribution >= 0.6 is 0 Å². The Morgan fingerprint density at radius 3 is 2.83 bits per heavy atom. The summed E-state index contributed by atoms with van der Waals surface area (Å²) >= 11 is 0. The average Bonchev–Trinajstić information content (AvgIpc) is 2.37. The number of nitrogens with one attached hydrogen (secondary N) is 1. The first-order chi connectivity index (χ1) is 5.74. The molecule has 1 aromatic heterocycles. The SMILES string of the molecule is CNCc1nnnn1CC(C)C. The lowest BCUT2D eigenvalue weighted by molar-refractivity contribution is 0.454. The number of rotatable bonds is 4. The summed E-state index contributed by atoms with van der Waals surface area (Å²) < 4.78 is 1.83. The highest BCUT2D eigenvalue weighted by molar-refractivity contribution is 4.79. The quantitative estimate of drug-likeness (QED) is 0.692. The normalized spacial score (nSPS) is 11.0. The Morgan fingerprint density at radius 1 is 1.50 bits per heavy atom. The molecule has 0 amide bonds. The van der Waals surface area contributed by atoms with Gasteiger partial charge in [-0.2, -0.15) is 0 Å². The van der Waals surface area contributed by atoms with E-state index in [0.29, 0.717) is 5.92 Å². The number of aromatic nitrogens is 4. The molecule has 0 saturated carbocycles. The monoisotopic (exact) mass is 169 g/mol. The van der Waals surface area contributed by atoms with E-state index < -0.39 is 0 Å². The van der Waals surface area contributed by atoms with E-state index in [1.165, 1.54) is 0 Å². The topological polar surface area (TPSA) is 55.6 Å². The molecule has 0 unspecified atom stereocenters. The van der Waals surface area contributed by atoms with Gasteiger partial charge in [-0.05, 0) is 23.4 Å². The molecule has 1 heterocycles. The van der Waals surface area contributed by atoms with Gasteiger partial charge in [0.15, 0.2) is 5.82 Å². The molecule has 0 radical (unpaired) electrons. The van der Waals surface area contributed by atoms with Crippen LogP contribution in [0.25, 0.3) is 0 Å². The largest absolute Gasteiger partial charge is 0.313 e. The van der Waals surface area contributed by atoms with Gasteiger partial charge in [0.1, 0.15) is 0 Å². The lowest BCUT2D eigenvalue weighted by atomic mass is 10.2. The van der Waals surface area contributed by atoms with Crippen LogP contribution in [0.3, 0.4) is 0 Å². The maximum Gasteiger partial charge on any atom is 0.165 e. The molecule has 12 heavy (non-hydrogen) atoms. The van der Waals surface area contributed by atoms with Crippen molar-refractivity contribution in [3.05, 3.63) is 5.82 Å². The zero-order valence-corrected chi connectivity index (χ0v) is 7.78. The van der Waals surface area contributed by atoms with Gasteiger partial charge in [0.2, 0.25) is 0 Å². The first-order valence-electron chi connectivity index (χ1n) is 4.13. The van der Waals surface area contributed by atoms with E-state index >= 15 is 0 Å². The van der Waals surface area contributed by atoms with Crippen LogP contribution in [0, 0.1) is 5.92 Å². The molecule has 0 fully saturated rings. The maximum atomic E-state index is 3.90. The zero-order chi connectivity index (χ0) is 8.97. The average molecular weight is 169 g/mol. The van der Waals surface area contributed by atoms with E-state index in [1.807, 2.05) is 11.7 Å². The minimum absolute atomic E-state index is 0.573. The lowest BCUT2D eigenvalue weighted by Gasteiger charge is -2.05. The molecule has 5 nitrogen and oxygen atoms in total.